The molecule has 10 heteroatoms. The molecule has 1 aliphatic carbocycles. The first kappa shape index (κ1) is 26.1. The molecular formula is C32H30FN7O2. The number of ether oxygens (including phenoxy) is 1. The fourth-order valence-electron chi connectivity index (χ4n) is 6.47. The SMILES string of the molecule is C=CC(=O)N1CC[C@H]2C[C@@H](c3ccc4ncnc(Nc5cc(C)c(Oc6ccc7c(c6)ncn7C)cc5F)c4n3)CC21. The van der Waals surface area contributed by atoms with E-state index in [9.17, 15) is 4.79 Å². The van der Waals surface area contributed by atoms with E-state index < -0.39 is 5.82 Å². The van der Waals surface area contributed by atoms with Crippen LogP contribution in [0.3, 0.4) is 0 Å². The van der Waals surface area contributed by atoms with Gasteiger partial charge in [-0.3, -0.25) is 4.79 Å². The number of amides is 1. The number of aromatic nitrogens is 5. The summed E-state index contributed by atoms with van der Waals surface area (Å²) in [5, 5.41) is 3.14. The maximum atomic E-state index is 15.4. The molecule has 1 N–H and O–H groups in total. The Morgan fingerprint density at radius 1 is 1.12 bits per heavy atom. The highest BCUT2D eigenvalue weighted by molar-refractivity contribution is 5.88. The van der Waals surface area contributed by atoms with Crippen molar-refractivity contribution in [1.82, 2.24) is 29.4 Å². The maximum Gasteiger partial charge on any atom is 0.246 e. The number of nitrogens with zero attached hydrogens (tertiary/aromatic N) is 6. The first-order valence-corrected chi connectivity index (χ1v) is 14.1. The van der Waals surface area contributed by atoms with E-state index in [1.807, 2.05) is 53.8 Å². The number of aryl methyl sites for hydroxylation is 2. The van der Waals surface area contributed by atoms with Crippen molar-refractivity contribution in [2.75, 3.05) is 11.9 Å². The van der Waals surface area contributed by atoms with Crippen LogP contribution in [-0.4, -0.2) is 47.9 Å². The number of nitrogens with one attached hydrogen (secondary N) is 1. The number of fused-ring (bicyclic) bond motifs is 3. The lowest BCUT2D eigenvalue weighted by Gasteiger charge is -2.23. The Labute approximate surface area is 242 Å². The van der Waals surface area contributed by atoms with Crippen molar-refractivity contribution in [3.05, 3.63) is 84.8 Å². The first-order chi connectivity index (χ1) is 20.4. The van der Waals surface area contributed by atoms with Gasteiger partial charge in [-0.25, -0.2) is 24.3 Å². The number of likely N-dealkylation sites (tertiary alicyclic amines) is 1. The smallest absolute Gasteiger partial charge is 0.246 e. The summed E-state index contributed by atoms with van der Waals surface area (Å²) in [6, 6.07) is 12.8. The third-order valence-electron chi connectivity index (χ3n) is 8.62. The Hall–Kier alpha value is -4.86. The first-order valence-electron chi connectivity index (χ1n) is 14.1. The Morgan fingerprint density at radius 2 is 2.00 bits per heavy atom. The number of hydrogen-bond donors (Lipinski definition) is 1. The minimum Gasteiger partial charge on any atom is -0.457 e. The number of anilines is 2. The number of halogens is 1. The third-order valence-corrected chi connectivity index (χ3v) is 8.62. The van der Waals surface area contributed by atoms with Crippen LogP contribution in [0.1, 0.15) is 36.4 Å². The van der Waals surface area contributed by atoms with Crippen molar-refractivity contribution < 1.29 is 13.9 Å². The van der Waals surface area contributed by atoms with Gasteiger partial charge < -0.3 is 19.5 Å². The van der Waals surface area contributed by atoms with Gasteiger partial charge in [-0.15, -0.1) is 0 Å². The van der Waals surface area contributed by atoms with Crippen molar-refractivity contribution in [1.29, 1.82) is 0 Å². The molecule has 1 unspecified atom stereocenters. The summed E-state index contributed by atoms with van der Waals surface area (Å²) < 4.78 is 23.4. The van der Waals surface area contributed by atoms with Crippen LogP contribution in [0.2, 0.25) is 0 Å². The molecule has 1 saturated carbocycles. The molecule has 212 valence electrons. The summed E-state index contributed by atoms with van der Waals surface area (Å²) in [6.45, 7) is 6.31. The van der Waals surface area contributed by atoms with Crippen LogP contribution in [0.5, 0.6) is 11.5 Å². The fourth-order valence-corrected chi connectivity index (χ4v) is 6.47. The zero-order chi connectivity index (χ0) is 29.0. The predicted molar refractivity (Wildman–Crippen MR) is 158 cm³/mol. The number of pyridine rings is 1. The summed E-state index contributed by atoms with van der Waals surface area (Å²) in [5.41, 5.74) is 4.99. The van der Waals surface area contributed by atoms with Crippen molar-refractivity contribution in [3.8, 4) is 11.5 Å². The van der Waals surface area contributed by atoms with E-state index in [1.54, 1.807) is 12.4 Å². The van der Waals surface area contributed by atoms with Crippen molar-refractivity contribution in [2.24, 2.45) is 13.0 Å². The lowest BCUT2D eigenvalue weighted by Crippen LogP contribution is -2.34. The number of hydrogen-bond acceptors (Lipinski definition) is 7. The lowest BCUT2D eigenvalue weighted by molar-refractivity contribution is -0.126. The molecule has 0 bridgehead atoms. The molecule has 1 saturated heterocycles. The van der Waals surface area contributed by atoms with Crippen LogP contribution in [0.15, 0.2) is 67.8 Å². The van der Waals surface area contributed by atoms with Gasteiger partial charge in [0.25, 0.3) is 0 Å². The molecule has 0 spiro atoms. The van der Waals surface area contributed by atoms with Crippen LogP contribution in [0.4, 0.5) is 15.9 Å². The van der Waals surface area contributed by atoms with Gasteiger partial charge in [-0.1, -0.05) is 6.58 Å². The van der Waals surface area contributed by atoms with Crippen molar-refractivity contribution >= 4 is 39.5 Å². The Balaban J connectivity index is 1.14. The van der Waals surface area contributed by atoms with Gasteiger partial charge in [0.1, 0.15) is 29.2 Å². The van der Waals surface area contributed by atoms with E-state index in [1.165, 1.54) is 18.5 Å². The number of imidazole rings is 1. The molecule has 7 rings (SSSR count). The number of carbonyl (C=O) groups is 1. The second kappa shape index (κ2) is 10.2. The third kappa shape index (κ3) is 4.52. The summed E-state index contributed by atoms with van der Waals surface area (Å²) in [7, 11) is 1.93. The Kier molecular flexibility index (Phi) is 6.33. The zero-order valence-electron chi connectivity index (χ0n) is 23.4. The van der Waals surface area contributed by atoms with Crippen LogP contribution in [-0.2, 0) is 11.8 Å². The molecule has 2 aromatic carbocycles. The average Bonchev–Trinajstić information content (AvgIpc) is 3.70. The molecule has 2 aliphatic rings. The van der Waals surface area contributed by atoms with Crippen LogP contribution in [0.25, 0.3) is 22.1 Å². The van der Waals surface area contributed by atoms with Crippen LogP contribution >= 0.6 is 0 Å². The maximum absolute atomic E-state index is 15.4. The zero-order valence-corrected chi connectivity index (χ0v) is 23.4. The molecule has 0 radical (unpaired) electrons. The quantitative estimate of drug-likeness (QED) is 0.247. The van der Waals surface area contributed by atoms with Gasteiger partial charge >= 0.3 is 0 Å². The molecule has 3 atom stereocenters. The molecule has 3 aromatic heterocycles. The van der Waals surface area contributed by atoms with E-state index >= 15 is 4.39 Å². The number of benzene rings is 2. The van der Waals surface area contributed by atoms with Crippen molar-refractivity contribution in [3.63, 3.8) is 0 Å². The highest BCUT2D eigenvalue weighted by Gasteiger charge is 2.44. The molecule has 2 fully saturated rings. The highest BCUT2D eigenvalue weighted by atomic mass is 19.1. The lowest BCUT2D eigenvalue weighted by atomic mass is 9.99. The summed E-state index contributed by atoms with van der Waals surface area (Å²) in [5.74, 6) is 1.62. The normalized spacial score (nSPS) is 19.8. The average molecular weight is 564 g/mol. The summed E-state index contributed by atoms with van der Waals surface area (Å²) in [6.07, 6.45) is 7.43. The van der Waals surface area contributed by atoms with E-state index in [4.69, 9.17) is 9.72 Å². The van der Waals surface area contributed by atoms with Gasteiger partial charge in [-0.05, 0) is 74.1 Å². The Morgan fingerprint density at radius 3 is 2.86 bits per heavy atom. The van der Waals surface area contributed by atoms with Crippen molar-refractivity contribution in [2.45, 2.75) is 38.1 Å². The molecule has 5 aromatic rings. The fraction of sp³-hybridized carbons (Fsp3) is 0.281. The largest absolute Gasteiger partial charge is 0.457 e. The molecule has 9 nitrogen and oxygen atoms in total. The predicted octanol–water partition coefficient (Wildman–Crippen LogP) is 6.18. The van der Waals surface area contributed by atoms with Crippen LogP contribution < -0.4 is 10.1 Å². The molecular weight excluding hydrogens is 533 g/mol. The highest BCUT2D eigenvalue weighted by Crippen LogP contribution is 2.46. The molecule has 1 amide bonds. The van der Waals surface area contributed by atoms with E-state index in [0.717, 1.165) is 48.1 Å². The Bertz CT molecular complexity index is 1870. The van der Waals surface area contributed by atoms with Gasteiger partial charge in [0.15, 0.2) is 5.82 Å². The van der Waals surface area contributed by atoms with E-state index in [0.29, 0.717) is 34.3 Å². The molecule has 4 heterocycles. The number of rotatable bonds is 6. The van der Waals surface area contributed by atoms with E-state index in [-0.39, 0.29) is 23.6 Å². The van der Waals surface area contributed by atoms with Gasteiger partial charge in [0.2, 0.25) is 5.91 Å². The van der Waals surface area contributed by atoms with Gasteiger partial charge in [-0.2, -0.15) is 0 Å². The standard InChI is InChI=1S/C32H30FN7O2/c1-4-30(41)40-10-9-19-12-20(13-28(19)40)23-6-7-24-31(37-23)32(35-16-34-24)38-25-11-18(2)29(15-22(25)33)42-21-5-8-27-26(14-21)36-17-39(27)3/h4-8,11,14-17,19-20,28H,1,9-10,12-13H2,2-3H3,(H,34,35,38)/t19-,20+,28?/m0/s1. The molecule has 1 aliphatic heterocycles. The second-order valence-corrected chi connectivity index (χ2v) is 11.2. The second-order valence-electron chi connectivity index (χ2n) is 11.2. The van der Waals surface area contributed by atoms with E-state index in [2.05, 4.69) is 26.8 Å². The minimum absolute atomic E-state index is 0.00230. The van der Waals surface area contributed by atoms with Gasteiger partial charge in [0.05, 0.1) is 28.6 Å². The monoisotopic (exact) mass is 563 g/mol. The topological polar surface area (TPSA) is 98.1 Å². The summed E-state index contributed by atoms with van der Waals surface area (Å²) in [4.78, 5) is 32.4. The minimum atomic E-state index is -0.479. The molecule has 42 heavy (non-hydrogen) atoms. The van der Waals surface area contributed by atoms with Gasteiger partial charge in [0, 0.05) is 43.4 Å². The number of carbonyl (C=O) groups excluding carboxylic acids is 1. The summed E-state index contributed by atoms with van der Waals surface area (Å²) >= 11 is 0. The van der Waals surface area contributed by atoms with Crippen LogP contribution in [0, 0.1) is 18.7 Å².